The largest absolute Gasteiger partial charge is 0.487 e. The molecule has 4 nitrogen and oxygen atoms in total. The van der Waals surface area contributed by atoms with Gasteiger partial charge >= 0.3 is 0 Å². The number of nitrogens with zero attached hydrogens (tertiary/aromatic N) is 2. The van der Waals surface area contributed by atoms with Crippen molar-refractivity contribution in [1.29, 1.82) is 0 Å². The van der Waals surface area contributed by atoms with E-state index in [0.29, 0.717) is 17.4 Å². The quantitative estimate of drug-likeness (QED) is 0.918. The van der Waals surface area contributed by atoms with Crippen LogP contribution in [-0.4, -0.2) is 14.9 Å². The van der Waals surface area contributed by atoms with Gasteiger partial charge in [-0.1, -0.05) is 29.8 Å². The molecule has 0 bridgehead atoms. The van der Waals surface area contributed by atoms with Crippen LogP contribution >= 0.6 is 11.6 Å². The van der Waals surface area contributed by atoms with Gasteiger partial charge in [-0.15, -0.1) is 0 Å². The van der Waals surface area contributed by atoms with Crippen molar-refractivity contribution in [2.75, 3.05) is 0 Å². The summed E-state index contributed by atoms with van der Waals surface area (Å²) < 4.78 is 7.65. The van der Waals surface area contributed by atoms with Gasteiger partial charge in [0.1, 0.15) is 12.4 Å². The SMILES string of the molecule is CCn1nc(C)c(Cl)c1COc1ccccc1C(C)O. The van der Waals surface area contributed by atoms with Gasteiger partial charge in [-0.3, -0.25) is 4.68 Å². The molecule has 1 aromatic heterocycles. The number of rotatable bonds is 5. The van der Waals surface area contributed by atoms with E-state index in [0.717, 1.165) is 23.5 Å². The van der Waals surface area contributed by atoms with Gasteiger partial charge in [0, 0.05) is 12.1 Å². The predicted molar refractivity (Wildman–Crippen MR) is 79.1 cm³/mol. The Morgan fingerprint density at radius 1 is 1.40 bits per heavy atom. The molecule has 2 aromatic rings. The topological polar surface area (TPSA) is 47.3 Å². The number of aliphatic hydroxyl groups is 1. The van der Waals surface area contributed by atoms with E-state index < -0.39 is 6.10 Å². The van der Waals surface area contributed by atoms with Crippen LogP contribution in [0.3, 0.4) is 0 Å². The van der Waals surface area contributed by atoms with Gasteiger partial charge in [-0.05, 0) is 26.8 Å². The zero-order valence-corrected chi connectivity index (χ0v) is 12.7. The third kappa shape index (κ3) is 2.97. The maximum atomic E-state index is 9.74. The number of aliphatic hydroxyl groups excluding tert-OH is 1. The molecule has 0 aliphatic carbocycles. The third-order valence-corrected chi connectivity index (χ3v) is 3.68. The molecule has 1 atom stereocenters. The first-order valence-electron chi connectivity index (χ1n) is 6.66. The molecule has 0 aliphatic heterocycles. The summed E-state index contributed by atoms with van der Waals surface area (Å²) >= 11 is 6.25. The van der Waals surface area contributed by atoms with E-state index in [1.807, 2.05) is 42.8 Å². The van der Waals surface area contributed by atoms with E-state index in [-0.39, 0.29) is 0 Å². The summed E-state index contributed by atoms with van der Waals surface area (Å²) in [5.74, 6) is 0.667. The van der Waals surface area contributed by atoms with Crippen molar-refractivity contribution >= 4 is 11.6 Å². The second-order valence-electron chi connectivity index (χ2n) is 4.66. The summed E-state index contributed by atoms with van der Waals surface area (Å²) in [5.41, 5.74) is 2.42. The van der Waals surface area contributed by atoms with Crippen molar-refractivity contribution in [3.05, 3.63) is 46.2 Å². The fourth-order valence-electron chi connectivity index (χ4n) is 2.11. The highest BCUT2D eigenvalue weighted by Gasteiger charge is 2.14. The second-order valence-corrected chi connectivity index (χ2v) is 5.04. The summed E-state index contributed by atoms with van der Waals surface area (Å²) in [6, 6.07) is 7.45. The maximum absolute atomic E-state index is 9.74. The molecule has 0 amide bonds. The summed E-state index contributed by atoms with van der Waals surface area (Å²) in [6.07, 6.45) is -0.570. The Morgan fingerprint density at radius 3 is 2.75 bits per heavy atom. The number of benzene rings is 1. The second kappa shape index (κ2) is 6.29. The molecule has 1 N–H and O–H groups in total. The van der Waals surface area contributed by atoms with Gasteiger partial charge < -0.3 is 9.84 Å². The Hall–Kier alpha value is -1.52. The predicted octanol–water partition coefficient (Wildman–Crippen LogP) is 3.50. The highest BCUT2D eigenvalue weighted by molar-refractivity contribution is 6.31. The molecule has 0 aliphatic rings. The van der Waals surface area contributed by atoms with Crippen LogP contribution in [0, 0.1) is 6.92 Å². The fraction of sp³-hybridized carbons (Fsp3) is 0.400. The molecule has 0 radical (unpaired) electrons. The van der Waals surface area contributed by atoms with Crippen LogP contribution in [0.15, 0.2) is 24.3 Å². The van der Waals surface area contributed by atoms with Crippen molar-refractivity contribution in [1.82, 2.24) is 9.78 Å². The van der Waals surface area contributed by atoms with Gasteiger partial charge in [0.05, 0.1) is 22.5 Å². The first kappa shape index (κ1) is 14.9. The van der Waals surface area contributed by atoms with E-state index in [1.165, 1.54) is 0 Å². The number of hydrogen-bond acceptors (Lipinski definition) is 3. The maximum Gasteiger partial charge on any atom is 0.131 e. The van der Waals surface area contributed by atoms with Crippen molar-refractivity contribution in [2.45, 2.75) is 40.0 Å². The lowest BCUT2D eigenvalue weighted by molar-refractivity contribution is 0.189. The Balaban J connectivity index is 2.21. The van der Waals surface area contributed by atoms with Gasteiger partial charge in [0.25, 0.3) is 0 Å². The molecule has 0 saturated heterocycles. The first-order valence-corrected chi connectivity index (χ1v) is 7.04. The summed E-state index contributed by atoms with van der Waals surface area (Å²) in [7, 11) is 0. The lowest BCUT2D eigenvalue weighted by Crippen LogP contribution is -2.07. The monoisotopic (exact) mass is 294 g/mol. The summed E-state index contributed by atoms with van der Waals surface area (Å²) in [5, 5.41) is 14.7. The Kier molecular flexibility index (Phi) is 4.68. The van der Waals surface area contributed by atoms with Crippen molar-refractivity contribution in [3.63, 3.8) is 0 Å². The average molecular weight is 295 g/mol. The number of para-hydroxylation sites is 1. The first-order chi connectivity index (χ1) is 9.54. The number of halogens is 1. The van der Waals surface area contributed by atoms with Crippen LogP contribution in [0.1, 0.15) is 36.9 Å². The normalized spacial score (nSPS) is 12.4. The molecule has 5 heteroatoms. The zero-order chi connectivity index (χ0) is 14.7. The molecule has 1 heterocycles. The molecule has 0 saturated carbocycles. The Bertz CT molecular complexity index is 594. The Morgan fingerprint density at radius 2 is 2.10 bits per heavy atom. The standard InChI is InChI=1S/C15H19ClN2O2/c1-4-18-13(15(16)10(2)17-18)9-20-14-8-6-5-7-12(14)11(3)19/h5-8,11,19H,4,9H2,1-3H3. The van der Waals surface area contributed by atoms with Crippen LogP contribution in [0.25, 0.3) is 0 Å². The fourth-order valence-corrected chi connectivity index (χ4v) is 2.30. The van der Waals surface area contributed by atoms with Crippen molar-refractivity contribution in [3.8, 4) is 5.75 Å². The van der Waals surface area contributed by atoms with Crippen LogP contribution < -0.4 is 4.74 Å². The molecule has 0 fully saturated rings. The van der Waals surface area contributed by atoms with E-state index in [4.69, 9.17) is 16.3 Å². The smallest absolute Gasteiger partial charge is 0.131 e. The molecule has 108 valence electrons. The number of aryl methyl sites for hydroxylation is 2. The molecule has 1 aromatic carbocycles. The summed E-state index contributed by atoms with van der Waals surface area (Å²) in [6.45, 7) is 6.68. The average Bonchev–Trinajstić information content (AvgIpc) is 2.72. The van der Waals surface area contributed by atoms with Gasteiger partial charge in [-0.25, -0.2) is 0 Å². The molecule has 20 heavy (non-hydrogen) atoms. The third-order valence-electron chi connectivity index (χ3n) is 3.19. The highest BCUT2D eigenvalue weighted by atomic mass is 35.5. The number of aromatic nitrogens is 2. The van der Waals surface area contributed by atoms with E-state index >= 15 is 0 Å². The molecule has 2 rings (SSSR count). The molecular weight excluding hydrogens is 276 g/mol. The van der Waals surface area contributed by atoms with Crippen LogP contribution in [-0.2, 0) is 13.2 Å². The zero-order valence-electron chi connectivity index (χ0n) is 11.9. The molecule has 0 spiro atoms. The number of hydrogen-bond donors (Lipinski definition) is 1. The Labute approximate surface area is 123 Å². The van der Waals surface area contributed by atoms with Gasteiger partial charge in [0.15, 0.2) is 0 Å². The summed E-state index contributed by atoms with van der Waals surface area (Å²) in [4.78, 5) is 0. The lowest BCUT2D eigenvalue weighted by Gasteiger charge is -2.14. The van der Waals surface area contributed by atoms with Gasteiger partial charge in [-0.2, -0.15) is 5.10 Å². The van der Waals surface area contributed by atoms with E-state index in [1.54, 1.807) is 6.92 Å². The molecular formula is C15H19ClN2O2. The van der Waals surface area contributed by atoms with Crippen LogP contribution in [0.4, 0.5) is 0 Å². The van der Waals surface area contributed by atoms with E-state index in [9.17, 15) is 5.11 Å². The minimum Gasteiger partial charge on any atom is -0.487 e. The van der Waals surface area contributed by atoms with Gasteiger partial charge in [0.2, 0.25) is 0 Å². The van der Waals surface area contributed by atoms with E-state index in [2.05, 4.69) is 5.10 Å². The van der Waals surface area contributed by atoms with Crippen LogP contribution in [0.5, 0.6) is 5.75 Å². The molecule has 1 unspecified atom stereocenters. The van der Waals surface area contributed by atoms with Crippen molar-refractivity contribution < 1.29 is 9.84 Å². The number of ether oxygens (including phenoxy) is 1. The minimum atomic E-state index is -0.570. The minimum absolute atomic E-state index is 0.331. The van der Waals surface area contributed by atoms with Crippen LogP contribution in [0.2, 0.25) is 5.02 Å². The highest BCUT2D eigenvalue weighted by Crippen LogP contribution is 2.27. The van der Waals surface area contributed by atoms with Crippen molar-refractivity contribution in [2.24, 2.45) is 0 Å². The lowest BCUT2D eigenvalue weighted by atomic mass is 10.1.